The number of hydrogen-bond donors (Lipinski definition) is 1. The van der Waals surface area contributed by atoms with E-state index in [9.17, 15) is 4.79 Å². The van der Waals surface area contributed by atoms with Gasteiger partial charge in [0.2, 0.25) is 5.91 Å². The normalized spacial score (nSPS) is 10.7. The molecule has 0 aliphatic carbocycles. The second-order valence-electron chi connectivity index (χ2n) is 4.19. The zero-order valence-corrected chi connectivity index (χ0v) is 13.2. The quantitative estimate of drug-likeness (QED) is 0.781. The Morgan fingerprint density at radius 2 is 2.15 bits per heavy atom. The highest BCUT2D eigenvalue weighted by Gasteiger charge is 2.09. The predicted octanol–water partition coefficient (Wildman–Crippen LogP) is 4.24. The van der Waals surface area contributed by atoms with Crippen LogP contribution >= 0.6 is 34.0 Å². The average Bonchev–Trinajstić information content (AvgIpc) is 3.15. The van der Waals surface area contributed by atoms with Crippen LogP contribution in [0, 0.1) is 0 Å². The number of amides is 1. The van der Waals surface area contributed by atoms with E-state index in [4.69, 9.17) is 0 Å². The molecule has 0 atom stereocenters. The maximum absolute atomic E-state index is 10.9. The lowest BCUT2D eigenvalue weighted by molar-refractivity contribution is -0.119. The molecule has 0 unspecified atom stereocenters. The second-order valence-corrected chi connectivity index (χ2v) is 7.17. The van der Waals surface area contributed by atoms with Gasteiger partial charge in [-0.3, -0.25) is 4.79 Å². The largest absolute Gasteiger partial charge is 0.351 e. The van der Waals surface area contributed by atoms with Gasteiger partial charge >= 0.3 is 0 Å². The maximum Gasteiger partial charge on any atom is 0.217 e. The first-order valence-corrected chi connectivity index (χ1v) is 8.63. The Morgan fingerprint density at radius 1 is 1.25 bits per heavy atom. The van der Waals surface area contributed by atoms with Gasteiger partial charge in [-0.2, -0.15) is 0 Å². The van der Waals surface area contributed by atoms with Crippen LogP contribution in [-0.4, -0.2) is 10.9 Å². The molecular formula is C14H12N2OS3. The van der Waals surface area contributed by atoms with E-state index >= 15 is 0 Å². The lowest BCUT2D eigenvalue weighted by Crippen LogP contribution is -2.17. The number of nitrogens with one attached hydrogen (secondary N) is 1. The van der Waals surface area contributed by atoms with E-state index in [1.807, 2.05) is 12.1 Å². The monoisotopic (exact) mass is 320 g/mol. The summed E-state index contributed by atoms with van der Waals surface area (Å²) in [4.78, 5) is 19.1. The third kappa shape index (κ3) is 2.98. The van der Waals surface area contributed by atoms with Crippen molar-refractivity contribution in [1.29, 1.82) is 0 Å². The number of carbonyl (C=O) groups excluding carboxylic acids is 1. The zero-order valence-electron chi connectivity index (χ0n) is 10.8. The van der Waals surface area contributed by atoms with Crippen molar-refractivity contribution in [2.45, 2.75) is 13.5 Å². The first-order valence-electron chi connectivity index (χ1n) is 6.05. The van der Waals surface area contributed by atoms with Crippen LogP contribution in [0.2, 0.25) is 0 Å². The van der Waals surface area contributed by atoms with Crippen LogP contribution < -0.4 is 5.32 Å². The van der Waals surface area contributed by atoms with E-state index in [1.165, 1.54) is 11.8 Å². The van der Waals surface area contributed by atoms with Gasteiger partial charge in [-0.25, -0.2) is 4.98 Å². The van der Waals surface area contributed by atoms with Gasteiger partial charge in [-0.15, -0.1) is 34.0 Å². The van der Waals surface area contributed by atoms with E-state index in [0.717, 1.165) is 20.5 Å². The van der Waals surface area contributed by atoms with E-state index in [1.54, 1.807) is 34.0 Å². The number of thiophene rings is 2. The van der Waals surface area contributed by atoms with Gasteiger partial charge in [0.05, 0.1) is 22.0 Å². The van der Waals surface area contributed by atoms with Crippen LogP contribution in [0.3, 0.4) is 0 Å². The van der Waals surface area contributed by atoms with Gasteiger partial charge in [-0.1, -0.05) is 6.07 Å². The molecule has 3 aromatic rings. The Balaban J connectivity index is 1.78. The third-order valence-electron chi connectivity index (χ3n) is 2.66. The first kappa shape index (κ1) is 13.5. The molecule has 0 radical (unpaired) electrons. The number of carbonyl (C=O) groups is 1. The van der Waals surface area contributed by atoms with E-state index in [2.05, 4.69) is 33.2 Å². The van der Waals surface area contributed by atoms with Crippen LogP contribution in [0.5, 0.6) is 0 Å². The van der Waals surface area contributed by atoms with Crippen molar-refractivity contribution in [3.05, 3.63) is 39.9 Å². The van der Waals surface area contributed by atoms with E-state index < -0.39 is 0 Å². The van der Waals surface area contributed by atoms with Gasteiger partial charge in [0.15, 0.2) is 0 Å². The summed E-state index contributed by atoms with van der Waals surface area (Å²) in [5, 5.41) is 8.02. The Bertz CT molecular complexity index is 712. The topological polar surface area (TPSA) is 42.0 Å². The Kier molecular flexibility index (Phi) is 3.95. The molecule has 6 heteroatoms. The molecule has 0 aromatic carbocycles. The summed E-state index contributed by atoms with van der Waals surface area (Å²) in [6.07, 6.45) is 0. The predicted molar refractivity (Wildman–Crippen MR) is 86.3 cm³/mol. The molecule has 0 saturated carbocycles. The SMILES string of the molecule is CC(=O)NCc1ccc(-c2csc(-c3cccs3)n2)s1. The summed E-state index contributed by atoms with van der Waals surface area (Å²) in [7, 11) is 0. The molecule has 102 valence electrons. The lowest BCUT2D eigenvalue weighted by atomic mass is 10.3. The number of aromatic nitrogens is 1. The number of thiazole rings is 1. The van der Waals surface area contributed by atoms with Crippen molar-refractivity contribution >= 4 is 39.9 Å². The summed E-state index contributed by atoms with van der Waals surface area (Å²) in [6, 6.07) is 8.23. The first-order chi connectivity index (χ1) is 9.72. The van der Waals surface area contributed by atoms with Gasteiger partial charge in [0, 0.05) is 17.2 Å². The summed E-state index contributed by atoms with van der Waals surface area (Å²) in [5.41, 5.74) is 1.01. The zero-order chi connectivity index (χ0) is 13.9. The van der Waals surface area contributed by atoms with E-state index in [0.29, 0.717) is 6.54 Å². The third-order valence-corrected chi connectivity index (χ3v) is 5.65. The minimum absolute atomic E-state index is 0.00594. The highest BCUT2D eigenvalue weighted by molar-refractivity contribution is 7.20. The number of hydrogen-bond acceptors (Lipinski definition) is 5. The second kappa shape index (κ2) is 5.87. The van der Waals surface area contributed by atoms with Gasteiger partial charge in [-0.05, 0) is 23.6 Å². The van der Waals surface area contributed by atoms with Gasteiger partial charge in [0.1, 0.15) is 5.01 Å². The van der Waals surface area contributed by atoms with E-state index in [-0.39, 0.29) is 5.91 Å². The molecule has 3 aromatic heterocycles. The fourth-order valence-electron chi connectivity index (χ4n) is 1.72. The molecule has 0 spiro atoms. The summed E-state index contributed by atoms with van der Waals surface area (Å²) in [5.74, 6) is -0.00594. The van der Waals surface area contributed by atoms with Crippen molar-refractivity contribution in [3.8, 4) is 20.5 Å². The van der Waals surface area contributed by atoms with Crippen LogP contribution in [0.4, 0.5) is 0 Å². The Hall–Kier alpha value is -1.50. The summed E-state index contributed by atoms with van der Waals surface area (Å²) >= 11 is 5.04. The Labute approximate surface area is 128 Å². The molecule has 1 N–H and O–H groups in total. The molecule has 0 bridgehead atoms. The molecular weight excluding hydrogens is 308 g/mol. The fourth-order valence-corrected chi connectivity index (χ4v) is 4.34. The standard InChI is InChI=1S/C14H12N2OS3/c1-9(17)15-7-10-4-5-12(20-10)11-8-19-14(16-11)13-3-2-6-18-13/h2-6,8H,7H2,1H3,(H,15,17). The minimum atomic E-state index is -0.00594. The fraction of sp³-hybridized carbons (Fsp3) is 0.143. The molecule has 0 aliphatic rings. The molecule has 0 saturated heterocycles. The van der Waals surface area contributed by atoms with Crippen LogP contribution in [0.15, 0.2) is 35.0 Å². The molecule has 0 fully saturated rings. The van der Waals surface area contributed by atoms with Crippen molar-refractivity contribution in [1.82, 2.24) is 10.3 Å². The highest BCUT2D eigenvalue weighted by atomic mass is 32.1. The Morgan fingerprint density at radius 3 is 2.90 bits per heavy atom. The van der Waals surface area contributed by atoms with Crippen molar-refractivity contribution < 1.29 is 4.79 Å². The average molecular weight is 320 g/mol. The van der Waals surface area contributed by atoms with Crippen LogP contribution in [0.25, 0.3) is 20.5 Å². The van der Waals surface area contributed by atoms with Crippen molar-refractivity contribution in [2.75, 3.05) is 0 Å². The summed E-state index contributed by atoms with van der Waals surface area (Å²) in [6.45, 7) is 2.12. The molecule has 3 heterocycles. The van der Waals surface area contributed by atoms with Crippen LogP contribution in [0.1, 0.15) is 11.8 Å². The minimum Gasteiger partial charge on any atom is -0.351 e. The maximum atomic E-state index is 10.9. The lowest BCUT2D eigenvalue weighted by Gasteiger charge is -1.97. The highest BCUT2D eigenvalue weighted by Crippen LogP contribution is 2.34. The number of rotatable bonds is 4. The van der Waals surface area contributed by atoms with Crippen molar-refractivity contribution in [3.63, 3.8) is 0 Å². The summed E-state index contributed by atoms with van der Waals surface area (Å²) < 4.78 is 0. The number of nitrogens with zero attached hydrogens (tertiary/aromatic N) is 1. The van der Waals surface area contributed by atoms with Crippen LogP contribution in [-0.2, 0) is 11.3 Å². The molecule has 3 rings (SSSR count). The van der Waals surface area contributed by atoms with Gasteiger partial charge < -0.3 is 5.32 Å². The van der Waals surface area contributed by atoms with Crippen molar-refractivity contribution in [2.24, 2.45) is 0 Å². The smallest absolute Gasteiger partial charge is 0.217 e. The molecule has 0 aliphatic heterocycles. The molecule has 3 nitrogen and oxygen atoms in total. The van der Waals surface area contributed by atoms with Gasteiger partial charge in [0.25, 0.3) is 0 Å². The molecule has 20 heavy (non-hydrogen) atoms. The molecule has 1 amide bonds.